The van der Waals surface area contributed by atoms with Crippen LogP contribution in [0.3, 0.4) is 0 Å². The number of imide groups is 1. The van der Waals surface area contributed by atoms with Crippen LogP contribution in [0.4, 0.5) is 0 Å². The van der Waals surface area contributed by atoms with Crippen molar-refractivity contribution in [2.24, 2.45) is 5.73 Å². The molecule has 0 heterocycles. The lowest BCUT2D eigenvalue weighted by Gasteiger charge is -2.05. The van der Waals surface area contributed by atoms with Crippen LogP contribution >= 0.6 is 0 Å². The molecule has 0 bridgehead atoms. The number of aliphatic hydroxyl groups excluding tert-OH is 1. The van der Waals surface area contributed by atoms with E-state index < -0.39 is 24.5 Å². The maximum atomic E-state index is 10.6. The van der Waals surface area contributed by atoms with Crippen LogP contribution < -0.4 is 11.1 Å². The molecular weight excluding hydrogens is 136 g/mol. The molecule has 0 fully saturated rings. The summed E-state index contributed by atoms with van der Waals surface area (Å²) in [6.45, 7) is 0.737. The third-order valence-electron chi connectivity index (χ3n) is 0.833. The lowest BCUT2D eigenvalue weighted by atomic mass is 10.3. The molecule has 4 N–H and O–H groups in total. The smallest absolute Gasteiger partial charge is 0.245 e. The lowest BCUT2D eigenvalue weighted by molar-refractivity contribution is -0.130. The Hall–Kier alpha value is -0.940. The molecule has 0 aromatic heterocycles. The van der Waals surface area contributed by atoms with Gasteiger partial charge in [0.25, 0.3) is 0 Å². The molecule has 0 aromatic carbocycles. The quantitative estimate of drug-likeness (QED) is 0.419. The highest BCUT2D eigenvalue weighted by molar-refractivity contribution is 5.96. The van der Waals surface area contributed by atoms with Crippen molar-refractivity contribution in [2.75, 3.05) is 6.61 Å². The van der Waals surface area contributed by atoms with Gasteiger partial charge in [0.2, 0.25) is 11.8 Å². The van der Waals surface area contributed by atoms with Gasteiger partial charge in [-0.15, -0.1) is 0 Å². The van der Waals surface area contributed by atoms with Gasteiger partial charge in [-0.1, -0.05) is 0 Å². The van der Waals surface area contributed by atoms with Gasteiger partial charge in [0, 0.05) is 6.92 Å². The van der Waals surface area contributed by atoms with Crippen LogP contribution in [-0.4, -0.2) is 29.6 Å². The highest BCUT2D eigenvalue weighted by Gasteiger charge is 2.11. The van der Waals surface area contributed by atoms with Gasteiger partial charge in [0.15, 0.2) is 0 Å². The Kier molecular flexibility index (Phi) is 3.60. The van der Waals surface area contributed by atoms with Crippen LogP contribution in [0.1, 0.15) is 6.92 Å². The molecule has 1 unspecified atom stereocenters. The van der Waals surface area contributed by atoms with Gasteiger partial charge < -0.3 is 10.8 Å². The molecule has 0 saturated heterocycles. The van der Waals surface area contributed by atoms with Crippen molar-refractivity contribution in [3.63, 3.8) is 0 Å². The fourth-order valence-corrected chi connectivity index (χ4v) is 0.349. The molecule has 1 atom stereocenters. The summed E-state index contributed by atoms with van der Waals surface area (Å²) in [5, 5.41) is 10.3. The van der Waals surface area contributed by atoms with E-state index in [0.717, 1.165) is 0 Å². The van der Waals surface area contributed by atoms with E-state index in [-0.39, 0.29) is 0 Å². The minimum atomic E-state index is -1.01. The zero-order valence-electron chi connectivity index (χ0n) is 5.63. The van der Waals surface area contributed by atoms with Gasteiger partial charge in [-0.05, 0) is 0 Å². The van der Waals surface area contributed by atoms with E-state index in [1.165, 1.54) is 6.92 Å². The number of carbonyl (C=O) groups is 2. The fourth-order valence-electron chi connectivity index (χ4n) is 0.349. The van der Waals surface area contributed by atoms with Crippen molar-refractivity contribution in [3.8, 4) is 0 Å². The average molecular weight is 146 g/mol. The number of nitrogens with two attached hydrogens (primary N) is 1. The number of rotatable bonds is 2. The van der Waals surface area contributed by atoms with Crippen molar-refractivity contribution in [1.29, 1.82) is 0 Å². The summed E-state index contributed by atoms with van der Waals surface area (Å²) < 4.78 is 0. The molecule has 0 aromatic rings. The Labute approximate surface area is 58.2 Å². The molecule has 10 heavy (non-hydrogen) atoms. The number of hydrogen-bond donors (Lipinski definition) is 3. The third kappa shape index (κ3) is 3.16. The molecule has 0 aliphatic heterocycles. The van der Waals surface area contributed by atoms with Crippen molar-refractivity contribution in [2.45, 2.75) is 13.0 Å². The largest absolute Gasteiger partial charge is 0.394 e. The van der Waals surface area contributed by atoms with Gasteiger partial charge in [-0.3, -0.25) is 14.9 Å². The molecule has 0 aliphatic carbocycles. The minimum Gasteiger partial charge on any atom is -0.394 e. The summed E-state index contributed by atoms with van der Waals surface area (Å²) in [7, 11) is 0. The normalized spacial score (nSPS) is 12.3. The SMILES string of the molecule is CC(=O)NC(=O)C(N)CO. The van der Waals surface area contributed by atoms with Crippen LogP contribution in [-0.2, 0) is 9.59 Å². The van der Waals surface area contributed by atoms with Crippen LogP contribution in [0.2, 0.25) is 0 Å². The number of carbonyl (C=O) groups excluding carboxylic acids is 2. The first kappa shape index (κ1) is 9.06. The van der Waals surface area contributed by atoms with E-state index in [0.29, 0.717) is 0 Å². The highest BCUT2D eigenvalue weighted by atomic mass is 16.3. The molecule has 0 radical (unpaired) electrons. The third-order valence-corrected chi connectivity index (χ3v) is 0.833. The first-order valence-corrected chi connectivity index (χ1v) is 2.75. The highest BCUT2D eigenvalue weighted by Crippen LogP contribution is 1.75. The van der Waals surface area contributed by atoms with E-state index >= 15 is 0 Å². The van der Waals surface area contributed by atoms with Gasteiger partial charge in [0.05, 0.1) is 6.61 Å². The Bertz CT molecular complexity index is 146. The van der Waals surface area contributed by atoms with Crippen molar-refractivity contribution in [3.05, 3.63) is 0 Å². The van der Waals surface area contributed by atoms with E-state index in [1.54, 1.807) is 0 Å². The van der Waals surface area contributed by atoms with Crippen molar-refractivity contribution in [1.82, 2.24) is 5.32 Å². The van der Waals surface area contributed by atoms with Gasteiger partial charge in [0.1, 0.15) is 6.04 Å². The number of aliphatic hydroxyl groups is 1. The van der Waals surface area contributed by atoms with E-state index in [2.05, 4.69) is 0 Å². The van der Waals surface area contributed by atoms with Crippen LogP contribution in [0.15, 0.2) is 0 Å². The Morgan fingerprint density at radius 1 is 1.70 bits per heavy atom. The molecule has 0 saturated carbocycles. The first-order chi connectivity index (χ1) is 4.57. The predicted molar refractivity (Wildman–Crippen MR) is 33.9 cm³/mol. The Morgan fingerprint density at radius 2 is 2.20 bits per heavy atom. The number of amides is 2. The lowest BCUT2D eigenvalue weighted by Crippen LogP contribution is -2.44. The maximum Gasteiger partial charge on any atom is 0.245 e. The second-order valence-corrected chi connectivity index (χ2v) is 1.83. The average Bonchev–Trinajstić information content (AvgIpc) is 1.85. The van der Waals surface area contributed by atoms with E-state index in [4.69, 9.17) is 10.8 Å². The monoisotopic (exact) mass is 146 g/mol. The molecule has 0 aliphatic rings. The van der Waals surface area contributed by atoms with Gasteiger partial charge in [-0.2, -0.15) is 0 Å². The second-order valence-electron chi connectivity index (χ2n) is 1.83. The molecule has 5 heteroatoms. The van der Waals surface area contributed by atoms with E-state index in [9.17, 15) is 9.59 Å². The second kappa shape index (κ2) is 3.97. The summed E-state index contributed by atoms with van der Waals surface area (Å²) >= 11 is 0. The maximum absolute atomic E-state index is 10.6. The Balaban J connectivity index is 3.73. The topological polar surface area (TPSA) is 92.4 Å². The zero-order valence-corrected chi connectivity index (χ0v) is 5.63. The predicted octanol–water partition coefficient (Wildman–Crippen LogP) is -2.03. The summed E-state index contributed by atoms with van der Waals surface area (Å²) in [6, 6.07) is -1.01. The molecule has 0 rings (SSSR count). The molecule has 2 amide bonds. The van der Waals surface area contributed by atoms with Crippen molar-refractivity contribution >= 4 is 11.8 Å². The molecule has 0 spiro atoms. The number of hydrogen-bond acceptors (Lipinski definition) is 4. The summed E-state index contributed by atoms with van der Waals surface area (Å²) in [4.78, 5) is 20.8. The van der Waals surface area contributed by atoms with Crippen LogP contribution in [0, 0.1) is 0 Å². The summed E-state index contributed by atoms with van der Waals surface area (Å²) in [5.41, 5.74) is 5.05. The Morgan fingerprint density at radius 3 is 2.50 bits per heavy atom. The van der Waals surface area contributed by atoms with E-state index in [1.807, 2.05) is 5.32 Å². The van der Waals surface area contributed by atoms with Crippen molar-refractivity contribution < 1.29 is 14.7 Å². The van der Waals surface area contributed by atoms with Gasteiger partial charge >= 0.3 is 0 Å². The minimum absolute atomic E-state index is 0.459. The van der Waals surface area contributed by atoms with Crippen LogP contribution in [0.25, 0.3) is 0 Å². The number of nitrogens with one attached hydrogen (secondary N) is 1. The van der Waals surface area contributed by atoms with Gasteiger partial charge in [-0.25, -0.2) is 0 Å². The standard InChI is InChI=1S/C5H10N2O3/c1-3(9)7-5(10)4(6)2-8/h4,8H,2,6H2,1H3,(H,7,9,10). The first-order valence-electron chi connectivity index (χ1n) is 2.75. The fraction of sp³-hybridized carbons (Fsp3) is 0.600. The molecule has 5 nitrogen and oxygen atoms in total. The summed E-state index contributed by atoms with van der Waals surface area (Å²) in [6.07, 6.45) is 0. The summed E-state index contributed by atoms with van der Waals surface area (Å²) in [5.74, 6) is -1.14. The zero-order chi connectivity index (χ0) is 8.15. The molecule has 58 valence electrons. The van der Waals surface area contributed by atoms with Crippen LogP contribution in [0.5, 0.6) is 0 Å². The molecular formula is C5H10N2O3.